The van der Waals surface area contributed by atoms with Gasteiger partial charge in [-0.15, -0.1) is 11.3 Å². The van der Waals surface area contributed by atoms with Gasteiger partial charge in [-0.3, -0.25) is 4.79 Å². The summed E-state index contributed by atoms with van der Waals surface area (Å²) in [7, 11) is 0. The van der Waals surface area contributed by atoms with Crippen molar-refractivity contribution >= 4 is 17.6 Å². The first kappa shape index (κ1) is 9.09. The molecule has 0 bridgehead atoms. The Morgan fingerprint density at radius 1 is 1.14 bits per heavy atom. The monoisotopic (exact) mass is 206 g/mol. The summed E-state index contributed by atoms with van der Waals surface area (Å²) >= 11 is 1.39. The predicted octanol–water partition coefficient (Wildman–Crippen LogP) is 3.37. The van der Waals surface area contributed by atoms with Crippen molar-refractivity contribution in [3.05, 3.63) is 46.4 Å². The van der Waals surface area contributed by atoms with E-state index >= 15 is 0 Å². The normalized spacial score (nSPS) is 10.1. The second-order valence-corrected chi connectivity index (χ2v) is 3.77. The number of benzene rings is 1. The first-order valence-corrected chi connectivity index (χ1v) is 4.98. The molecule has 1 nitrogen and oxygen atoms in total. The molecular formula is C11H7FOS. The van der Waals surface area contributed by atoms with E-state index in [9.17, 15) is 9.18 Å². The van der Waals surface area contributed by atoms with Gasteiger partial charge in [0.25, 0.3) is 0 Å². The van der Waals surface area contributed by atoms with E-state index in [2.05, 4.69) is 0 Å². The Hall–Kier alpha value is -1.48. The van der Waals surface area contributed by atoms with E-state index in [1.54, 1.807) is 12.1 Å². The fourth-order valence-corrected chi connectivity index (χ4v) is 2.00. The highest BCUT2D eigenvalue weighted by Gasteiger charge is 2.05. The van der Waals surface area contributed by atoms with Crippen LogP contribution < -0.4 is 0 Å². The van der Waals surface area contributed by atoms with E-state index in [1.807, 2.05) is 11.4 Å². The molecule has 3 heteroatoms. The summed E-state index contributed by atoms with van der Waals surface area (Å²) < 4.78 is 12.6. The van der Waals surface area contributed by atoms with Crippen LogP contribution in [0.2, 0.25) is 0 Å². The average Bonchev–Trinajstić information content (AvgIpc) is 2.67. The Kier molecular flexibility index (Phi) is 2.41. The van der Waals surface area contributed by atoms with Gasteiger partial charge < -0.3 is 0 Å². The molecule has 1 heterocycles. The number of halogens is 1. The number of carbonyl (C=O) groups is 1. The van der Waals surface area contributed by atoms with Crippen molar-refractivity contribution in [1.29, 1.82) is 0 Å². The van der Waals surface area contributed by atoms with Crippen molar-refractivity contribution < 1.29 is 9.18 Å². The topological polar surface area (TPSA) is 17.1 Å². The van der Waals surface area contributed by atoms with Crippen LogP contribution in [-0.4, -0.2) is 6.29 Å². The molecule has 2 aromatic rings. The lowest BCUT2D eigenvalue weighted by molar-refractivity contribution is 0.112. The maximum absolute atomic E-state index is 12.6. The third-order valence-corrected chi connectivity index (χ3v) is 2.80. The Bertz CT molecular complexity index is 445. The van der Waals surface area contributed by atoms with Gasteiger partial charge in [-0.05, 0) is 29.1 Å². The van der Waals surface area contributed by atoms with Gasteiger partial charge in [0, 0.05) is 5.56 Å². The molecular weight excluding hydrogens is 199 g/mol. The van der Waals surface area contributed by atoms with Crippen LogP contribution in [-0.2, 0) is 0 Å². The van der Waals surface area contributed by atoms with Crippen LogP contribution in [0.5, 0.6) is 0 Å². The molecule has 0 spiro atoms. The summed E-state index contributed by atoms with van der Waals surface area (Å²) in [6.45, 7) is 0. The van der Waals surface area contributed by atoms with Crippen LogP contribution in [0, 0.1) is 5.82 Å². The summed E-state index contributed by atoms with van der Waals surface area (Å²) in [5.41, 5.74) is 1.74. The number of aldehydes is 1. The Labute approximate surface area is 84.8 Å². The highest BCUT2D eigenvalue weighted by atomic mass is 32.1. The molecule has 0 aliphatic rings. The molecule has 2 rings (SSSR count). The molecule has 0 unspecified atom stereocenters. The fourth-order valence-electron chi connectivity index (χ4n) is 1.28. The molecule has 0 amide bonds. The Morgan fingerprint density at radius 3 is 2.50 bits per heavy atom. The third-order valence-electron chi connectivity index (χ3n) is 1.96. The lowest BCUT2D eigenvalue weighted by atomic mass is 10.1. The first-order valence-electron chi connectivity index (χ1n) is 4.10. The summed E-state index contributed by atoms with van der Waals surface area (Å²) in [6.07, 6.45) is 0.823. The van der Waals surface area contributed by atoms with Crippen molar-refractivity contribution in [1.82, 2.24) is 0 Å². The van der Waals surface area contributed by atoms with Gasteiger partial charge in [0.05, 0.1) is 4.88 Å². The van der Waals surface area contributed by atoms with Crippen LogP contribution in [0.1, 0.15) is 9.67 Å². The number of carbonyl (C=O) groups excluding carboxylic acids is 1. The van der Waals surface area contributed by atoms with Crippen molar-refractivity contribution in [2.24, 2.45) is 0 Å². The van der Waals surface area contributed by atoms with Crippen molar-refractivity contribution in [2.45, 2.75) is 0 Å². The Morgan fingerprint density at radius 2 is 1.86 bits per heavy atom. The lowest BCUT2D eigenvalue weighted by Gasteiger charge is -1.98. The molecule has 0 fully saturated rings. The standard InChI is InChI=1S/C11H7FOS/c12-9-3-1-8(2-4-9)10-5-6-14-11(10)7-13/h1-7H. The highest BCUT2D eigenvalue weighted by molar-refractivity contribution is 7.12. The molecule has 0 aliphatic heterocycles. The smallest absolute Gasteiger partial charge is 0.160 e. The van der Waals surface area contributed by atoms with Crippen LogP contribution in [0.15, 0.2) is 35.7 Å². The summed E-state index contributed by atoms with van der Waals surface area (Å²) in [5, 5.41) is 1.85. The zero-order valence-electron chi connectivity index (χ0n) is 7.24. The van der Waals surface area contributed by atoms with Crippen LogP contribution in [0.4, 0.5) is 4.39 Å². The quantitative estimate of drug-likeness (QED) is 0.688. The maximum atomic E-state index is 12.6. The zero-order valence-corrected chi connectivity index (χ0v) is 8.05. The molecule has 70 valence electrons. The van der Waals surface area contributed by atoms with E-state index in [0.717, 1.165) is 17.4 Å². The molecule has 0 aliphatic carbocycles. The molecule has 0 radical (unpaired) electrons. The van der Waals surface area contributed by atoms with Gasteiger partial charge in [0.1, 0.15) is 5.82 Å². The minimum absolute atomic E-state index is 0.267. The van der Waals surface area contributed by atoms with Crippen molar-refractivity contribution in [3.63, 3.8) is 0 Å². The molecule has 0 saturated carbocycles. The van der Waals surface area contributed by atoms with E-state index in [-0.39, 0.29) is 5.82 Å². The first-order chi connectivity index (χ1) is 6.81. The van der Waals surface area contributed by atoms with Gasteiger partial charge in [-0.1, -0.05) is 12.1 Å². The number of hydrogen-bond donors (Lipinski definition) is 0. The molecule has 1 aromatic carbocycles. The van der Waals surface area contributed by atoms with E-state index in [1.165, 1.54) is 23.5 Å². The SMILES string of the molecule is O=Cc1sccc1-c1ccc(F)cc1. The highest BCUT2D eigenvalue weighted by Crippen LogP contribution is 2.26. The predicted molar refractivity (Wildman–Crippen MR) is 55.1 cm³/mol. The number of thiophene rings is 1. The third kappa shape index (κ3) is 1.59. The fraction of sp³-hybridized carbons (Fsp3) is 0. The van der Waals surface area contributed by atoms with Crippen LogP contribution in [0.3, 0.4) is 0 Å². The van der Waals surface area contributed by atoms with Crippen molar-refractivity contribution in [2.75, 3.05) is 0 Å². The molecule has 1 aromatic heterocycles. The molecule has 0 saturated heterocycles. The Balaban J connectivity index is 2.49. The summed E-state index contributed by atoms with van der Waals surface area (Å²) in [4.78, 5) is 11.3. The van der Waals surface area contributed by atoms with E-state index in [4.69, 9.17) is 0 Å². The molecule has 14 heavy (non-hydrogen) atoms. The minimum Gasteiger partial charge on any atom is -0.297 e. The van der Waals surface area contributed by atoms with Gasteiger partial charge in [-0.25, -0.2) is 4.39 Å². The van der Waals surface area contributed by atoms with Crippen molar-refractivity contribution in [3.8, 4) is 11.1 Å². The number of rotatable bonds is 2. The van der Waals surface area contributed by atoms with Crippen LogP contribution >= 0.6 is 11.3 Å². The van der Waals surface area contributed by atoms with Gasteiger partial charge in [0.2, 0.25) is 0 Å². The molecule has 0 N–H and O–H groups in total. The van der Waals surface area contributed by atoms with E-state index in [0.29, 0.717) is 4.88 Å². The largest absolute Gasteiger partial charge is 0.297 e. The lowest BCUT2D eigenvalue weighted by Crippen LogP contribution is -1.80. The minimum atomic E-state index is -0.267. The van der Waals surface area contributed by atoms with Gasteiger partial charge in [0.15, 0.2) is 6.29 Å². The summed E-state index contributed by atoms with van der Waals surface area (Å²) in [5.74, 6) is -0.267. The maximum Gasteiger partial charge on any atom is 0.160 e. The number of hydrogen-bond acceptors (Lipinski definition) is 2. The summed E-state index contributed by atoms with van der Waals surface area (Å²) in [6, 6.07) is 7.99. The van der Waals surface area contributed by atoms with E-state index < -0.39 is 0 Å². The van der Waals surface area contributed by atoms with Gasteiger partial charge >= 0.3 is 0 Å². The average molecular weight is 206 g/mol. The molecule has 0 atom stereocenters. The zero-order chi connectivity index (χ0) is 9.97. The van der Waals surface area contributed by atoms with Crippen LogP contribution in [0.25, 0.3) is 11.1 Å². The second kappa shape index (κ2) is 3.72. The van der Waals surface area contributed by atoms with Gasteiger partial charge in [-0.2, -0.15) is 0 Å². The second-order valence-electron chi connectivity index (χ2n) is 2.82.